The van der Waals surface area contributed by atoms with Crippen LogP contribution in [0.15, 0.2) is 29.4 Å². The molecule has 0 fully saturated rings. The SMILES string of the molecule is Cc1ccccc1CCC(=O)N(CCC(N)=NO)C(C)C. The fraction of sp³-hybridized carbons (Fsp3) is 0.500. The maximum Gasteiger partial charge on any atom is 0.223 e. The number of aryl methyl sites for hydroxylation is 2. The molecule has 1 rings (SSSR count). The molecule has 5 nitrogen and oxygen atoms in total. The number of carbonyl (C=O) groups is 1. The number of amidine groups is 1. The van der Waals surface area contributed by atoms with Crippen LogP contribution in [0.3, 0.4) is 0 Å². The Kier molecular flexibility index (Phi) is 6.72. The van der Waals surface area contributed by atoms with Crippen LogP contribution in [-0.2, 0) is 11.2 Å². The van der Waals surface area contributed by atoms with Gasteiger partial charge in [0.2, 0.25) is 5.91 Å². The molecule has 1 amide bonds. The van der Waals surface area contributed by atoms with Gasteiger partial charge < -0.3 is 15.8 Å². The highest BCUT2D eigenvalue weighted by Crippen LogP contribution is 2.12. The van der Waals surface area contributed by atoms with Crippen LogP contribution in [0.1, 0.15) is 37.8 Å². The number of hydrogen-bond donors (Lipinski definition) is 2. The first kappa shape index (κ1) is 17.0. The number of amides is 1. The van der Waals surface area contributed by atoms with Crippen molar-refractivity contribution < 1.29 is 10.0 Å². The van der Waals surface area contributed by atoms with Gasteiger partial charge in [-0.1, -0.05) is 29.4 Å². The summed E-state index contributed by atoms with van der Waals surface area (Å²) in [7, 11) is 0. The lowest BCUT2D eigenvalue weighted by Crippen LogP contribution is -2.39. The van der Waals surface area contributed by atoms with Crippen LogP contribution in [0.4, 0.5) is 0 Å². The van der Waals surface area contributed by atoms with E-state index in [0.717, 1.165) is 6.42 Å². The third-order valence-electron chi connectivity index (χ3n) is 3.55. The number of hydrogen-bond acceptors (Lipinski definition) is 3. The third-order valence-corrected chi connectivity index (χ3v) is 3.55. The van der Waals surface area contributed by atoms with Crippen molar-refractivity contribution in [2.24, 2.45) is 10.9 Å². The molecule has 5 heteroatoms. The van der Waals surface area contributed by atoms with Gasteiger partial charge in [-0.3, -0.25) is 4.79 Å². The minimum atomic E-state index is 0.0963. The predicted molar refractivity (Wildman–Crippen MR) is 84.4 cm³/mol. The Morgan fingerprint density at radius 1 is 1.33 bits per heavy atom. The molecule has 21 heavy (non-hydrogen) atoms. The summed E-state index contributed by atoms with van der Waals surface area (Å²) in [5, 5.41) is 11.5. The molecule has 0 saturated carbocycles. The van der Waals surface area contributed by atoms with E-state index in [9.17, 15) is 4.79 Å². The van der Waals surface area contributed by atoms with Crippen LogP contribution < -0.4 is 5.73 Å². The van der Waals surface area contributed by atoms with E-state index in [0.29, 0.717) is 19.4 Å². The van der Waals surface area contributed by atoms with Gasteiger partial charge in [0.15, 0.2) is 0 Å². The van der Waals surface area contributed by atoms with E-state index in [1.165, 1.54) is 11.1 Å². The average Bonchev–Trinajstić information content (AvgIpc) is 2.45. The van der Waals surface area contributed by atoms with Gasteiger partial charge in [-0.15, -0.1) is 0 Å². The van der Waals surface area contributed by atoms with Crippen LogP contribution in [0.2, 0.25) is 0 Å². The van der Waals surface area contributed by atoms with Crippen molar-refractivity contribution in [3.8, 4) is 0 Å². The van der Waals surface area contributed by atoms with E-state index in [1.807, 2.05) is 26.0 Å². The number of rotatable bonds is 7. The molecule has 0 spiro atoms. The molecule has 0 radical (unpaired) electrons. The Bertz CT molecular complexity index is 498. The molecule has 0 aliphatic carbocycles. The van der Waals surface area contributed by atoms with Crippen LogP contribution in [-0.4, -0.2) is 34.4 Å². The maximum atomic E-state index is 12.4. The van der Waals surface area contributed by atoms with E-state index in [2.05, 4.69) is 24.2 Å². The molecule has 0 aliphatic rings. The van der Waals surface area contributed by atoms with Gasteiger partial charge >= 0.3 is 0 Å². The first-order chi connectivity index (χ1) is 9.95. The van der Waals surface area contributed by atoms with E-state index < -0.39 is 0 Å². The summed E-state index contributed by atoms with van der Waals surface area (Å²) >= 11 is 0. The molecule has 0 heterocycles. The maximum absolute atomic E-state index is 12.4. The van der Waals surface area contributed by atoms with Crippen molar-refractivity contribution >= 4 is 11.7 Å². The van der Waals surface area contributed by atoms with Crippen molar-refractivity contribution in [2.75, 3.05) is 6.54 Å². The smallest absolute Gasteiger partial charge is 0.223 e. The normalized spacial score (nSPS) is 11.7. The highest BCUT2D eigenvalue weighted by atomic mass is 16.4. The van der Waals surface area contributed by atoms with Gasteiger partial charge in [0.25, 0.3) is 0 Å². The fourth-order valence-electron chi connectivity index (χ4n) is 2.23. The highest BCUT2D eigenvalue weighted by molar-refractivity contribution is 5.81. The summed E-state index contributed by atoms with van der Waals surface area (Å²) in [6.45, 7) is 6.47. The Morgan fingerprint density at radius 3 is 2.57 bits per heavy atom. The van der Waals surface area contributed by atoms with Gasteiger partial charge in [0.05, 0.1) is 0 Å². The summed E-state index contributed by atoms with van der Waals surface area (Å²) in [4.78, 5) is 14.1. The molecule has 0 aromatic heterocycles. The zero-order valence-corrected chi connectivity index (χ0v) is 13.0. The van der Waals surface area contributed by atoms with Crippen LogP contribution in [0, 0.1) is 6.92 Å². The van der Waals surface area contributed by atoms with Crippen molar-refractivity contribution in [2.45, 2.75) is 46.1 Å². The van der Waals surface area contributed by atoms with Crippen molar-refractivity contribution in [1.82, 2.24) is 4.90 Å². The fourth-order valence-corrected chi connectivity index (χ4v) is 2.23. The average molecular weight is 291 g/mol. The van der Waals surface area contributed by atoms with Crippen molar-refractivity contribution in [1.29, 1.82) is 0 Å². The standard InChI is InChI=1S/C16H25N3O2/c1-12(2)19(11-10-15(17)18-21)16(20)9-8-14-7-5-4-6-13(14)3/h4-7,12,21H,8-11H2,1-3H3,(H2,17,18). The van der Waals surface area contributed by atoms with Gasteiger partial charge in [0.1, 0.15) is 5.84 Å². The monoisotopic (exact) mass is 291 g/mol. The van der Waals surface area contributed by atoms with Gasteiger partial charge in [-0.2, -0.15) is 0 Å². The molecule has 0 atom stereocenters. The Balaban J connectivity index is 2.59. The first-order valence-corrected chi connectivity index (χ1v) is 7.26. The van der Waals surface area contributed by atoms with Gasteiger partial charge in [-0.05, 0) is 38.3 Å². The molecule has 0 bridgehead atoms. The van der Waals surface area contributed by atoms with E-state index in [-0.39, 0.29) is 17.8 Å². The highest BCUT2D eigenvalue weighted by Gasteiger charge is 2.17. The molecular weight excluding hydrogens is 266 g/mol. The summed E-state index contributed by atoms with van der Waals surface area (Å²) in [6, 6.07) is 8.20. The second-order valence-corrected chi connectivity index (χ2v) is 5.45. The zero-order valence-electron chi connectivity index (χ0n) is 13.0. The van der Waals surface area contributed by atoms with Crippen LogP contribution >= 0.6 is 0 Å². The molecule has 0 aliphatic heterocycles. The number of oxime groups is 1. The zero-order chi connectivity index (χ0) is 15.8. The molecular formula is C16H25N3O2. The molecule has 3 N–H and O–H groups in total. The molecule has 0 saturated heterocycles. The quantitative estimate of drug-likeness (QED) is 0.350. The van der Waals surface area contributed by atoms with Gasteiger partial charge in [0, 0.05) is 25.4 Å². The van der Waals surface area contributed by atoms with Crippen molar-refractivity contribution in [3.63, 3.8) is 0 Å². The second kappa shape index (κ2) is 8.29. The largest absolute Gasteiger partial charge is 0.409 e. The summed E-state index contributed by atoms with van der Waals surface area (Å²) in [6.07, 6.45) is 1.59. The minimum Gasteiger partial charge on any atom is -0.409 e. The lowest BCUT2D eigenvalue weighted by molar-refractivity contribution is -0.132. The molecule has 1 aromatic rings. The predicted octanol–water partition coefficient (Wildman–Crippen LogP) is 2.30. The summed E-state index contributed by atoms with van der Waals surface area (Å²) in [5.41, 5.74) is 7.87. The Hall–Kier alpha value is -2.04. The number of nitrogens with two attached hydrogens (primary N) is 1. The molecule has 1 aromatic carbocycles. The van der Waals surface area contributed by atoms with Gasteiger partial charge in [-0.25, -0.2) is 0 Å². The topological polar surface area (TPSA) is 78.9 Å². The van der Waals surface area contributed by atoms with E-state index in [4.69, 9.17) is 10.9 Å². The van der Waals surface area contributed by atoms with Crippen molar-refractivity contribution in [3.05, 3.63) is 35.4 Å². The minimum absolute atomic E-state index is 0.0963. The van der Waals surface area contributed by atoms with E-state index >= 15 is 0 Å². The van der Waals surface area contributed by atoms with Crippen LogP contribution in [0.5, 0.6) is 0 Å². The Morgan fingerprint density at radius 2 is 2.00 bits per heavy atom. The number of benzene rings is 1. The lowest BCUT2D eigenvalue weighted by Gasteiger charge is -2.26. The molecule has 116 valence electrons. The lowest BCUT2D eigenvalue weighted by atomic mass is 10.0. The summed E-state index contributed by atoms with van der Waals surface area (Å²) in [5.74, 6) is 0.242. The third kappa shape index (κ3) is 5.45. The summed E-state index contributed by atoms with van der Waals surface area (Å²) < 4.78 is 0. The number of nitrogens with zero attached hydrogens (tertiary/aromatic N) is 2. The Labute approximate surface area is 126 Å². The van der Waals surface area contributed by atoms with Crippen LogP contribution in [0.25, 0.3) is 0 Å². The first-order valence-electron chi connectivity index (χ1n) is 7.26. The second-order valence-electron chi connectivity index (χ2n) is 5.45. The van der Waals surface area contributed by atoms with E-state index in [1.54, 1.807) is 4.90 Å². The number of carbonyl (C=O) groups excluding carboxylic acids is 1. The molecule has 0 unspecified atom stereocenters.